The Labute approximate surface area is 102 Å². The van der Waals surface area contributed by atoms with Gasteiger partial charge in [0.25, 0.3) is 5.89 Å². The summed E-state index contributed by atoms with van der Waals surface area (Å²) in [5.41, 5.74) is 7.31. The van der Waals surface area contributed by atoms with Crippen molar-refractivity contribution in [3.05, 3.63) is 36.9 Å². The van der Waals surface area contributed by atoms with Gasteiger partial charge in [-0.05, 0) is 18.2 Å². The van der Waals surface area contributed by atoms with Gasteiger partial charge in [-0.15, -0.1) is 0 Å². The molecule has 3 aromatic rings. The van der Waals surface area contributed by atoms with Crippen LogP contribution in [0.25, 0.3) is 23.1 Å². The van der Waals surface area contributed by atoms with Crippen LogP contribution in [0.2, 0.25) is 0 Å². The second kappa shape index (κ2) is 4.21. The first kappa shape index (κ1) is 10.3. The molecule has 2 N–H and O–H groups in total. The second-order valence-electron chi connectivity index (χ2n) is 3.46. The molecule has 0 radical (unpaired) electrons. The molecule has 0 aliphatic heterocycles. The van der Waals surface area contributed by atoms with Crippen LogP contribution in [0.5, 0.6) is 0 Å². The maximum absolute atomic E-state index is 5.78. The van der Waals surface area contributed by atoms with E-state index in [1.165, 1.54) is 6.33 Å². The molecule has 3 aromatic heterocycles. The standard InChI is InChI=1S/C11H8N6O/c12-7-2-1-4-14-9(7)11-16-10(17-18-11)8-3-5-13-6-15-8/h1-6H,12H2. The van der Waals surface area contributed by atoms with E-state index < -0.39 is 0 Å². The molecule has 0 saturated carbocycles. The quantitative estimate of drug-likeness (QED) is 0.716. The lowest BCUT2D eigenvalue weighted by atomic mass is 10.3. The molecule has 0 saturated heterocycles. The highest BCUT2D eigenvalue weighted by Crippen LogP contribution is 2.23. The van der Waals surface area contributed by atoms with E-state index in [1.807, 2.05) is 0 Å². The van der Waals surface area contributed by atoms with Gasteiger partial charge in [-0.1, -0.05) is 5.16 Å². The summed E-state index contributed by atoms with van der Waals surface area (Å²) in [5, 5.41) is 3.83. The van der Waals surface area contributed by atoms with Crippen molar-refractivity contribution in [3.8, 4) is 23.1 Å². The van der Waals surface area contributed by atoms with Crippen LogP contribution in [-0.4, -0.2) is 25.1 Å². The Hall–Kier alpha value is -2.83. The Morgan fingerprint density at radius 1 is 1.11 bits per heavy atom. The summed E-state index contributed by atoms with van der Waals surface area (Å²) in [7, 11) is 0. The maximum Gasteiger partial charge on any atom is 0.279 e. The Morgan fingerprint density at radius 2 is 2.06 bits per heavy atom. The summed E-state index contributed by atoms with van der Waals surface area (Å²) >= 11 is 0. The van der Waals surface area contributed by atoms with E-state index in [2.05, 4.69) is 25.1 Å². The SMILES string of the molecule is Nc1cccnc1-c1nc(-c2ccncn2)no1. The summed E-state index contributed by atoms with van der Waals surface area (Å²) in [4.78, 5) is 16.2. The van der Waals surface area contributed by atoms with E-state index in [1.54, 1.807) is 30.6 Å². The predicted octanol–water partition coefficient (Wildman–Crippen LogP) is 1.17. The van der Waals surface area contributed by atoms with Crippen molar-refractivity contribution in [2.75, 3.05) is 5.73 Å². The smallest absolute Gasteiger partial charge is 0.279 e. The van der Waals surface area contributed by atoms with Gasteiger partial charge in [0.1, 0.15) is 12.0 Å². The highest BCUT2D eigenvalue weighted by atomic mass is 16.5. The number of hydrogen-bond donors (Lipinski definition) is 1. The van der Waals surface area contributed by atoms with Crippen LogP contribution in [0, 0.1) is 0 Å². The van der Waals surface area contributed by atoms with Crippen molar-refractivity contribution in [2.45, 2.75) is 0 Å². The van der Waals surface area contributed by atoms with Gasteiger partial charge in [0.15, 0.2) is 5.69 Å². The van der Waals surface area contributed by atoms with Gasteiger partial charge in [-0.3, -0.25) is 0 Å². The summed E-state index contributed by atoms with van der Waals surface area (Å²) in [6.07, 6.45) is 4.63. The molecule has 7 heteroatoms. The van der Waals surface area contributed by atoms with Gasteiger partial charge in [0.05, 0.1) is 5.69 Å². The lowest BCUT2D eigenvalue weighted by Crippen LogP contribution is -1.92. The molecule has 0 aromatic carbocycles. The second-order valence-corrected chi connectivity index (χ2v) is 3.46. The molecule has 0 bridgehead atoms. The monoisotopic (exact) mass is 240 g/mol. The van der Waals surface area contributed by atoms with E-state index in [4.69, 9.17) is 10.3 Å². The van der Waals surface area contributed by atoms with Crippen LogP contribution >= 0.6 is 0 Å². The zero-order valence-electron chi connectivity index (χ0n) is 9.19. The van der Waals surface area contributed by atoms with Gasteiger partial charge < -0.3 is 10.3 Å². The van der Waals surface area contributed by atoms with E-state index in [9.17, 15) is 0 Å². The van der Waals surface area contributed by atoms with Gasteiger partial charge in [-0.25, -0.2) is 15.0 Å². The van der Waals surface area contributed by atoms with Crippen LogP contribution in [0.1, 0.15) is 0 Å². The van der Waals surface area contributed by atoms with Crippen LogP contribution in [0.15, 0.2) is 41.4 Å². The van der Waals surface area contributed by atoms with Crippen molar-refractivity contribution in [1.29, 1.82) is 0 Å². The fraction of sp³-hybridized carbons (Fsp3) is 0. The number of nitrogens with two attached hydrogens (primary N) is 1. The number of anilines is 1. The van der Waals surface area contributed by atoms with Crippen LogP contribution in [0.4, 0.5) is 5.69 Å². The fourth-order valence-electron chi connectivity index (χ4n) is 1.44. The Bertz CT molecular complexity index is 666. The minimum absolute atomic E-state index is 0.265. The van der Waals surface area contributed by atoms with Crippen LogP contribution in [-0.2, 0) is 0 Å². The summed E-state index contributed by atoms with van der Waals surface area (Å²) in [5.74, 6) is 0.638. The molecule has 0 aliphatic carbocycles. The van der Waals surface area contributed by atoms with Crippen LogP contribution < -0.4 is 5.73 Å². The first-order valence-electron chi connectivity index (χ1n) is 5.15. The number of pyridine rings is 1. The minimum Gasteiger partial charge on any atom is -0.397 e. The van der Waals surface area contributed by atoms with E-state index in [0.29, 0.717) is 22.9 Å². The molecule has 3 rings (SSSR count). The molecule has 0 amide bonds. The number of nitrogens with zero attached hydrogens (tertiary/aromatic N) is 5. The Kier molecular flexibility index (Phi) is 2.41. The molecule has 7 nitrogen and oxygen atoms in total. The largest absolute Gasteiger partial charge is 0.397 e. The molecule has 0 atom stereocenters. The number of rotatable bonds is 2. The molecule has 0 fully saturated rings. The molecule has 88 valence electrons. The zero-order chi connectivity index (χ0) is 12.4. The molecule has 0 spiro atoms. The third-order valence-corrected chi connectivity index (χ3v) is 2.28. The lowest BCUT2D eigenvalue weighted by Gasteiger charge is -1.96. The fourth-order valence-corrected chi connectivity index (χ4v) is 1.44. The average molecular weight is 240 g/mol. The van der Waals surface area contributed by atoms with E-state index >= 15 is 0 Å². The number of aromatic nitrogens is 5. The highest BCUT2D eigenvalue weighted by molar-refractivity contribution is 5.66. The van der Waals surface area contributed by atoms with E-state index in [-0.39, 0.29) is 5.89 Å². The van der Waals surface area contributed by atoms with Crippen LogP contribution in [0.3, 0.4) is 0 Å². The number of hydrogen-bond acceptors (Lipinski definition) is 7. The first-order valence-corrected chi connectivity index (χ1v) is 5.15. The molecule has 0 aliphatic rings. The van der Waals surface area contributed by atoms with Crippen molar-refractivity contribution in [3.63, 3.8) is 0 Å². The minimum atomic E-state index is 0.265. The Morgan fingerprint density at radius 3 is 2.83 bits per heavy atom. The normalized spacial score (nSPS) is 10.4. The lowest BCUT2D eigenvalue weighted by molar-refractivity contribution is 0.431. The van der Waals surface area contributed by atoms with Crippen molar-refractivity contribution in [2.24, 2.45) is 0 Å². The van der Waals surface area contributed by atoms with Gasteiger partial charge in [0.2, 0.25) is 5.82 Å². The van der Waals surface area contributed by atoms with Crippen molar-refractivity contribution >= 4 is 5.69 Å². The molecule has 0 unspecified atom stereocenters. The summed E-state index contributed by atoms with van der Waals surface area (Å²) in [6.45, 7) is 0. The molecular weight excluding hydrogens is 232 g/mol. The molecule has 18 heavy (non-hydrogen) atoms. The average Bonchev–Trinajstić information content (AvgIpc) is 2.90. The van der Waals surface area contributed by atoms with Crippen molar-refractivity contribution in [1.82, 2.24) is 25.1 Å². The third kappa shape index (κ3) is 1.77. The Balaban J connectivity index is 2.03. The predicted molar refractivity (Wildman–Crippen MR) is 63.0 cm³/mol. The third-order valence-electron chi connectivity index (χ3n) is 2.28. The molecule has 3 heterocycles. The highest BCUT2D eigenvalue weighted by Gasteiger charge is 2.14. The maximum atomic E-state index is 5.78. The summed E-state index contributed by atoms with van der Waals surface area (Å²) < 4.78 is 5.12. The number of nitrogen functional groups attached to an aromatic ring is 1. The molecular formula is C11H8N6O. The van der Waals surface area contributed by atoms with Gasteiger partial charge in [-0.2, -0.15) is 4.98 Å². The van der Waals surface area contributed by atoms with Gasteiger partial charge >= 0.3 is 0 Å². The topological polar surface area (TPSA) is 104 Å². The zero-order valence-corrected chi connectivity index (χ0v) is 9.19. The van der Waals surface area contributed by atoms with Gasteiger partial charge in [0, 0.05) is 12.4 Å². The first-order chi connectivity index (χ1) is 8.84. The van der Waals surface area contributed by atoms with E-state index in [0.717, 1.165) is 0 Å². The summed E-state index contributed by atoms with van der Waals surface area (Å²) in [6, 6.07) is 5.15. The van der Waals surface area contributed by atoms with Crippen molar-refractivity contribution < 1.29 is 4.52 Å².